The van der Waals surface area contributed by atoms with Crippen LogP contribution in [0.4, 0.5) is 0 Å². The lowest BCUT2D eigenvalue weighted by Crippen LogP contribution is -2.38. The zero-order valence-corrected chi connectivity index (χ0v) is 10.1. The first-order valence-corrected chi connectivity index (χ1v) is 5.93. The Morgan fingerprint density at radius 3 is 2.40 bits per heavy atom. The number of aliphatic carboxylic acids is 1. The molecule has 0 amide bonds. The van der Waals surface area contributed by atoms with E-state index in [1.54, 1.807) is 7.11 Å². The summed E-state index contributed by atoms with van der Waals surface area (Å²) in [6.45, 7) is 4.09. The highest BCUT2D eigenvalue weighted by atomic mass is 32.2. The van der Waals surface area contributed by atoms with Crippen LogP contribution in [-0.4, -0.2) is 52.7 Å². The fraction of sp³-hybridized carbons (Fsp3) is 0.889. The number of carboxylic acid groups (broad SMARTS) is 1. The van der Waals surface area contributed by atoms with Gasteiger partial charge in [0, 0.05) is 23.7 Å². The topological polar surface area (TPSA) is 72.8 Å². The van der Waals surface area contributed by atoms with E-state index in [4.69, 9.17) is 14.6 Å². The van der Waals surface area contributed by atoms with Gasteiger partial charge in [-0.2, -0.15) is 0 Å². The second-order valence-electron chi connectivity index (χ2n) is 3.47. The minimum atomic E-state index is -1.43. The van der Waals surface area contributed by atoms with Crippen molar-refractivity contribution >= 4 is 16.8 Å². The van der Waals surface area contributed by atoms with Crippen LogP contribution in [-0.2, 0) is 25.1 Å². The molecular formula is C9H18O5S. The largest absolute Gasteiger partial charge is 0.480 e. The average molecular weight is 238 g/mol. The number of rotatable bonds is 8. The molecule has 5 nitrogen and oxygen atoms in total. The standard InChI is InChI=1S/C9H18O5S/c1-9(2,8(10)11)15(12)7-6-14-5-4-13-3/h4-7H2,1-3H3,(H,10,11). The summed E-state index contributed by atoms with van der Waals surface area (Å²) in [4.78, 5) is 10.7. The van der Waals surface area contributed by atoms with Gasteiger partial charge in [0.1, 0.15) is 4.75 Å². The maximum absolute atomic E-state index is 11.6. The number of methoxy groups -OCH3 is 1. The molecule has 90 valence electrons. The van der Waals surface area contributed by atoms with E-state index in [-0.39, 0.29) is 12.4 Å². The number of carbonyl (C=O) groups is 1. The number of carboxylic acids is 1. The second kappa shape index (κ2) is 6.92. The molecular weight excluding hydrogens is 220 g/mol. The Labute approximate surface area is 92.2 Å². The number of ether oxygens (including phenoxy) is 2. The van der Waals surface area contributed by atoms with Gasteiger partial charge in [-0.15, -0.1) is 0 Å². The molecule has 1 unspecified atom stereocenters. The van der Waals surface area contributed by atoms with Crippen molar-refractivity contribution in [3.63, 3.8) is 0 Å². The molecule has 0 rings (SSSR count). The maximum atomic E-state index is 11.6. The van der Waals surface area contributed by atoms with E-state index in [9.17, 15) is 9.00 Å². The van der Waals surface area contributed by atoms with E-state index in [1.807, 2.05) is 0 Å². The summed E-state index contributed by atoms with van der Waals surface area (Å²) in [5, 5.41) is 8.80. The van der Waals surface area contributed by atoms with Crippen LogP contribution in [0.2, 0.25) is 0 Å². The van der Waals surface area contributed by atoms with Crippen molar-refractivity contribution in [2.75, 3.05) is 32.7 Å². The number of hydrogen-bond donors (Lipinski definition) is 1. The molecule has 0 saturated carbocycles. The van der Waals surface area contributed by atoms with Crippen molar-refractivity contribution in [1.29, 1.82) is 0 Å². The third-order valence-electron chi connectivity index (χ3n) is 1.93. The van der Waals surface area contributed by atoms with Crippen molar-refractivity contribution in [3.8, 4) is 0 Å². The minimum Gasteiger partial charge on any atom is -0.480 e. The Bertz CT molecular complexity index is 227. The fourth-order valence-electron chi connectivity index (χ4n) is 0.731. The third-order valence-corrected chi connectivity index (χ3v) is 3.78. The van der Waals surface area contributed by atoms with Gasteiger partial charge in [0.05, 0.1) is 19.8 Å². The first-order chi connectivity index (χ1) is 6.92. The molecule has 1 atom stereocenters. The second-order valence-corrected chi connectivity index (χ2v) is 5.59. The summed E-state index contributed by atoms with van der Waals surface area (Å²) in [7, 11) is 0.133. The molecule has 0 aliphatic heterocycles. The van der Waals surface area contributed by atoms with Gasteiger partial charge in [-0.05, 0) is 13.8 Å². The van der Waals surface area contributed by atoms with E-state index in [0.29, 0.717) is 13.2 Å². The monoisotopic (exact) mass is 238 g/mol. The zero-order chi connectivity index (χ0) is 11.9. The van der Waals surface area contributed by atoms with E-state index >= 15 is 0 Å². The van der Waals surface area contributed by atoms with Gasteiger partial charge in [-0.25, -0.2) is 0 Å². The minimum absolute atomic E-state index is 0.225. The van der Waals surface area contributed by atoms with E-state index in [2.05, 4.69) is 0 Å². The molecule has 1 N–H and O–H groups in total. The molecule has 0 aromatic rings. The van der Waals surface area contributed by atoms with Gasteiger partial charge in [-0.3, -0.25) is 9.00 Å². The van der Waals surface area contributed by atoms with Gasteiger partial charge in [-0.1, -0.05) is 0 Å². The van der Waals surface area contributed by atoms with Crippen LogP contribution in [0.5, 0.6) is 0 Å². The molecule has 0 spiro atoms. The molecule has 0 aliphatic carbocycles. The molecule has 6 heteroatoms. The van der Waals surface area contributed by atoms with Crippen LogP contribution in [0.1, 0.15) is 13.8 Å². The summed E-state index contributed by atoms with van der Waals surface area (Å²) in [5.74, 6) is -0.832. The molecule has 15 heavy (non-hydrogen) atoms. The fourth-order valence-corrected chi connectivity index (χ4v) is 1.71. The predicted octanol–water partition coefficient (Wildman–Crippen LogP) is 0.261. The highest BCUT2D eigenvalue weighted by Gasteiger charge is 2.33. The molecule has 0 aliphatic rings. The van der Waals surface area contributed by atoms with Crippen LogP contribution >= 0.6 is 0 Å². The van der Waals surface area contributed by atoms with Crippen molar-refractivity contribution in [1.82, 2.24) is 0 Å². The summed E-state index contributed by atoms with van der Waals surface area (Å²) < 4.78 is 20.2. The van der Waals surface area contributed by atoms with E-state index < -0.39 is 21.5 Å². The van der Waals surface area contributed by atoms with Gasteiger partial charge >= 0.3 is 5.97 Å². The highest BCUT2D eigenvalue weighted by molar-refractivity contribution is 7.87. The molecule has 0 bridgehead atoms. The number of hydrogen-bond acceptors (Lipinski definition) is 4. The summed E-state index contributed by atoms with van der Waals surface area (Å²) in [6, 6.07) is 0. The molecule has 0 saturated heterocycles. The quantitative estimate of drug-likeness (QED) is 0.614. The SMILES string of the molecule is COCCOCCS(=O)C(C)(C)C(=O)O. The highest BCUT2D eigenvalue weighted by Crippen LogP contribution is 2.13. The van der Waals surface area contributed by atoms with Crippen LogP contribution in [0, 0.1) is 0 Å². The molecule has 0 radical (unpaired) electrons. The Balaban J connectivity index is 3.79. The van der Waals surface area contributed by atoms with Crippen LogP contribution in [0.25, 0.3) is 0 Å². The Morgan fingerprint density at radius 1 is 1.33 bits per heavy atom. The van der Waals surface area contributed by atoms with Crippen LogP contribution < -0.4 is 0 Å². The first-order valence-electron chi connectivity index (χ1n) is 4.61. The molecule has 0 fully saturated rings. The Kier molecular flexibility index (Phi) is 6.71. The molecule has 0 aromatic heterocycles. The predicted molar refractivity (Wildman–Crippen MR) is 57.4 cm³/mol. The zero-order valence-electron chi connectivity index (χ0n) is 9.32. The van der Waals surface area contributed by atoms with Crippen LogP contribution in [0.3, 0.4) is 0 Å². The average Bonchev–Trinajstić information content (AvgIpc) is 2.16. The third kappa shape index (κ3) is 5.25. The van der Waals surface area contributed by atoms with Gasteiger partial charge in [0.15, 0.2) is 0 Å². The first kappa shape index (κ1) is 14.5. The van der Waals surface area contributed by atoms with Crippen molar-refractivity contribution in [2.45, 2.75) is 18.6 Å². The van der Waals surface area contributed by atoms with Gasteiger partial charge in [0.2, 0.25) is 0 Å². The van der Waals surface area contributed by atoms with E-state index in [0.717, 1.165) is 0 Å². The van der Waals surface area contributed by atoms with Crippen LogP contribution in [0.15, 0.2) is 0 Å². The maximum Gasteiger partial charge on any atom is 0.321 e. The Hall–Kier alpha value is -0.460. The summed E-state index contributed by atoms with van der Waals surface area (Å²) in [5.41, 5.74) is 0. The molecule has 0 heterocycles. The van der Waals surface area contributed by atoms with E-state index in [1.165, 1.54) is 13.8 Å². The van der Waals surface area contributed by atoms with Gasteiger partial charge in [0.25, 0.3) is 0 Å². The van der Waals surface area contributed by atoms with Crippen molar-refractivity contribution in [3.05, 3.63) is 0 Å². The smallest absolute Gasteiger partial charge is 0.321 e. The Morgan fingerprint density at radius 2 is 1.93 bits per heavy atom. The van der Waals surface area contributed by atoms with Crippen molar-refractivity contribution < 1.29 is 23.6 Å². The molecule has 0 aromatic carbocycles. The van der Waals surface area contributed by atoms with Crippen molar-refractivity contribution in [2.24, 2.45) is 0 Å². The summed E-state index contributed by atoms with van der Waals surface area (Å²) in [6.07, 6.45) is 0. The lowest BCUT2D eigenvalue weighted by molar-refractivity contribution is -0.139. The normalized spacial score (nSPS) is 13.8. The van der Waals surface area contributed by atoms with Gasteiger partial charge < -0.3 is 14.6 Å². The summed E-state index contributed by atoms with van der Waals surface area (Å²) >= 11 is 0. The lowest BCUT2D eigenvalue weighted by atomic mass is 10.2. The lowest BCUT2D eigenvalue weighted by Gasteiger charge is -2.18.